The largest absolute Gasteiger partial charge is 0.494 e. The lowest BCUT2D eigenvalue weighted by Gasteiger charge is -2.05. The molecule has 0 spiro atoms. The van der Waals surface area contributed by atoms with Crippen LogP contribution in [-0.2, 0) is 4.79 Å². The molecule has 0 aromatic heterocycles. The Hall–Kier alpha value is -1.77. The smallest absolute Gasteiger partial charge is 0.335 e. The van der Waals surface area contributed by atoms with Crippen LogP contribution in [0.5, 0.6) is 5.75 Å². The monoisotopic (exact) mass is 206 g/mol. The Balaban J connectivity index is 2.92. The molecular formula is C12H14O3. The summed E-state index contributed by atoms with van der Waals surface area (Å²) in [5, 5.41) is 8.90. The van der Waals surface area contributed by atoms with Gasteiger partial charge in [-0.3, -0.25) is 0 Å². The number of carbonyl (C=O) groups is 1. The quantitative estimate of drug-likeness (QED) is 0.770. The van der Waals surface area contributed by atoms with E-state index in [1.807, 2.05) is 6.92 Å². The average molecular weight is 206 g/mol. The average Bonchev–Trinajstić information content (AvgIpc) is 2.21. The molecule has 1 aromatic carbocycles. The summed E-state index contributed by atoms with van der Waals surface area (Å²) < 4.78 is 5.27. The van der Waals surface area contributed by atoms with Crippen molar-refractivity contribution in [3.63, 3.8) is 0 Å². The third-order valence-corrected chi connectivity index (χ3v) is 2.00. The minimum Gasteiger partial charge on any atom is -0.494 e. The van der Waals surface area contributed by atoms with E-state index < -0.39 is 5.97 Å². The van der Waals surface area contributed by atoms with Gasteiger partial charge in [0, 0.05) is 0 Å². The van der Waals surface area contributed by atoms with Crippen molar-refractivity contribution in [3.05, 3.63) is 35.9 Å². The standard InChI is InChI=1S/C12H14O3/c1-3-11(12(13)14)9-5-7-10(8-6-9)15-4-2/h3,5-8H,4H2,1-2H3,(H,13,14). The molecule has 0 amide bonds. The van der Waals surface area contributed by atoms with Crippen molar-refractivity contribution in [2.45, 2.75) is 13.8 Å². The molecule has 0 aliphatic carbocycles. The molecule has 1 aromatic rings. The molecule has 0 bridgehead atoms. The lowest BCUT2D eigenvalue weighted by Crippen LogP contribution is -1.99. The molecule has 0 saturated heterocycles. The van der Waals surface area contributed by atoms with Crippen molar-refractivity contribution in [1.29, 1.82) is 0 Å². The van der Waals surface area contributed by atoms with E-state index in [4.69, 9.17) is 9.84 Å². The third-order valence-electron chi connectivity index (χ3n) is 2.00. The first-order chi connectivity index (χ1) is 7.19. The van der Waals surface area contributed by atoms with Crippen molar-refractivity contribution in [2.24, 2.45) is 0 Å². The highest BCUT2D eigenvalue weighted by molar-refractivity contribution is 6.15. The van der Waals surface area contributed by atoms with Crippen LogP contribution in [0.1, 0.15) is 19.4 Å². The van der Waals surface area contributed by atoms with E-state index in [1.54, 1.807) is 37.3 Å². The van der Waals surface area contributed by atoms with Gasteiger partial charge >= 0.3 is 5.97 Å². The normalized spacial score (nSPS) is 11.2. The van der Waals surface area contributed by atoms with Crippen LogP contribution in [0.15, 0.2) is 30.3 Å². The van der Waals surface area contributed by atoms with Crippen molar-refractivity contribution in [2.75, 3.05) is 6.61 Å². The lowest BCUT2D eigenvalue weighted by molar-refractivity contribution is -0.130. The molecule has 1 N–H and O–H groups in total. The van der Waals surface area contributed by atoms with E-state index in [0.29, 0.717) is 17.7 Å². The van der Waals surface area contributed by atoms with Crippen molar-refractivity contribution in [1.82, 2.24) is 0 Å². The predicted octanol–water partition coefficient (Wildman–Crippen LogP) is 2.57. The molecule has 0 aliphatic heterocycles. The maximum atomic E-state index is 10.8. The number of carboxylic acids is 1. The first kappa shape index (κ1) is 11.3. The SMILES string of the molecule is CC=C(C(=O)O)c1ccc(OCC)cc1. The van der Waals surface area contributed by atoms with Gasteiger partial charge in [-0.25, -0.2) is 4.79 Å². The van der Waals surface area contributed by atoms with Crippen LogP contribution >= 0.6 is 0 Å². The number of carboxylic acid groups (broad SMARTS) is 1. The number of aliphatic carboxylic acids is 1. The van der Waals surface area contributed by atoms with Gasteiger partial charge in [0.15, 0.2) is 0 Å². The van der Waals surface area contributed by atoms with Crippen LogP contribution in [0, 0.1) is 0 Å². The summed E-state index contributed by atoms with van der Waals surface area (Å²) in [4.78, 5) is 10.8. The summed E-state index contributed by atoms with van der Waals surface area (Å²) >= 11 is 0. The molecule has 1 rings (SSSR count). The molecule has 0 unspecified atom stereocenters. The zero-order valence-electron chi connectivity index (χ0n) is 8.86. The van der Waals surface area contributed by atoms with E-state index in [-0.39, 0.29) is 0 Å². The molecule has 0 fully saturated rings. The zero-order chi connectivity index (χ0) is 11.3. The molecule has 0 saturated carbocycles. The van der Waals surface area contributed by atoms with E-state index in [1.165, 1.54) is 0 Å². The van der Waals surface area contributed by atoms with Gasteiger partial charge in [0.1, 0.15) is 5.75 Å². The summed E-state index contributed by atoms with van der Waals surface area (Å²) in [6.45, 7) is 4.22. The van der Waals surface area contributed by atoms with Gasteiger partial charge < -0.3 is 9.84 Å². The van der Waals surface area contributed by atoms with Gasteiger partial charge in [-0.05, 0) is 31.5 Å². The number of allylic oxidation sites excluding steroid dienone is 1. The van der Waals surface area contributed by atoms with Gasteiger partial charge in [-0.1, -0.05) is 18.2 Å². The summed E-state index contributed by atoms with van der Waals surface area (Å²) in [5.74, 6) is -0.163. The number of hydrogen-bond donors (Lipinski definition) is 1. The fourth-order valence-corrected chi connectivity index (χ4v) is 1.31. The molecule has 15 heavy (non-hydrogen) atoms. The highest BCUT2D eigenvalue weighted by Gasteiger charge is 2.08. The topological polar surface area (TPSA) is 46.5 Å². The second-order valence-electron chi connectivity index (χ2n) is 2.96. The molecule has 80 valence electrons. The first-order valence-corrected chi connectivity index (χ1v) is 4.82. The number of hydrogen-bond acceptors (Lipinski definition) is 2. The number of rotatable bonds is 4. The third kappa shape index (κ3) is 2.84. The van der Waals surface area contributed by atoms with E-state index in [9.17, 15) is 4.79 Å². The number of benzene rings is 1. The highest BCUT2D eigenvalue weighted by atomic mass is 16.5. The Morgan fingerprint density at radius 2 is 2.00 bits per heavy atom. The summed E-state index contributed by atoms with van der Waals surface area (Å²) in [7, 11) is 0. The van der Waals surface area contributed by atoms with Gasteiger partial charge in [0.25, 0.3) is 0 Å². The van der Waals surface area contributed by atoms with E-state index >= 15 is 0 Å². The molecule has 0 radical (unpaired) electrons. The van der Waals surface area contributed by atoms with Gasteiger partial charge in [-0.15, -0.1) is 0 Å². The van der Waals surface area contributed by atoms with Crippen molar-refractivity contribution >= 4 is 11.5 Å². The summed E-state index contributed by atoms with van der Waals surface area (Å²) in [6, 6.07) is 7.03. The zero-order valence-corrected chi connectivity index (χ0v) is 8.86. The van der Waals surface area contributed by atoms with E-state index in [0.717, 1.165) is 5.75 Å². The Bertz CT molecular complexity index is 363. The van der Waals surface area contributed by atoms with Gasteiger partial charge in [0.05, 0.1) is 12.2 Å². The van der Waals surface area contributed by atoms with Crippen molar-refractivity contribution < 1.29 is 14.6 Å². The minimum atomic E-state index is -0.915. The fourth-order valence-electron chi connectivity index (χ4n) is 1.31. The summed E-state index contributed by atoms with van der Waals surface area (Å²) in [6.07, 6.45) is 1.58. The molecule has 0 atom stereocenters. The number of ether oxygens (including phenoxy) is 1. The second kappa shape index (κ2) is 5.20. The molecular weight excluding hydrogens is 192 g/mol. The molecule has 3 nitrogen and oxygen atoms in total. The van der Waals surface area contributed by atoms with Crippen LogP contribution in [-0.4, -0.2) is 17.7 Å². The first-order valence-electron chi connectivity index (χ1n) is 4.82. The van der Waals surface area contributed by atoms with Gasteiger partial charge in [-0.2, -0.15) is 0 Å². The fraction of sp³-hybridized carbons (Fsp3) is 0.250. The second-order valence-corrected chi connectivity index (χ2v) is 2.96. The van der Waals surface area contributed by atoms with Crippen LogP contribution in [0.2, 0.25) is 0 Å². The Morgan fingerprint density at radius 1 is 1.40 bits per heavy atom. The maximum absolute atomic E-state index is 10.8. The Morgan fingerprint density at radius 3 is 2.40 bits per heavy atom. The molecule has 0 aliphatic rings. The van der Waals surface area contributed by atoms with Crippen LogP contribution in [0.25, 0.3) is 5.57 Å². The van der Waals surface area contributed by atoms with Crippen LogP contribution in [0.4, 0.5) is 0 Å². The molecule has 0 heterocycles. The Kier molecular flexibility index (Phi) is 3.92. The maximum Gasteiger partial charge on any atom is 0.335 e. The Labute approximate surface area is 89.0 Å². The van der Waals surface area contributed by atoms with Crippen LogP contribution < -0.4 is 4.74 Å². The predicted molar refractivity (Wildman–Crippen MR) is 58.9 cm³/mol. The highest BCUT2D eigenvalue weighted by Crippen LogP contribution is 2.18. The lowest BCUT2D eigenvalue weighted by atomic mass is 10.1. The van der Waals surface area contributed by atoms with E-state index in [2.05, 4.69) is 0 Å². The molecule has 3 heteroatoms. The van der Waals surface area contributed by atoms with Crippen LogP contribution in [0.3, 0.4) is 0 Å². The minimum absolute atomic E-state index is 0.304. The van der Waals surface area contributed by atoms with Crippen molar-refractivity contribution in [3.8, 4) is 5.75 Å². The summed E-state index contributed by atoms with van der Waals surface area (Å²) in [5.41, 5.74) is 0.992. The van der Waals surface area contributed by atoms with Gasteiger partial charge in [0.2, 0.25) is 0 Å².